The van der Waals surface area contributed by atoms with Crippen molar-refractivity contribution in [3.8, 4) is 0 Å². The number of fused-ring (bicyclic) bond motifs is 1. The third-order valence-electron chi connectivity index (χ3n) is 5.02. The van der Waals surface area contributed by atoms with Gasteiger partial charge >= 0.3 is 0 Å². The van der Waals surface area contributed by atoms with Gasteiger partial charge in [-0.3, -0.25) is 19.2 Å². The highest BCUT2D eigenvalue weighted by Crippen LogP contribution is 2.33. The van der Waals surface area contributed by atoms with E-state index in [9.17, 15) is 19.2 Å². The molecular formula is C24H18ClN3O4. The summed E-state index contributed by atoms with van der Waals surface area (Å²) < 4.78 is 0. The quantitative estimate of drug-likeness (QED) is 0.610. The Kier molecular flexibility index (Phi) is 5.50. The van der Waals surface area contributed by atoms with Gasteiger partial charge in [0, 0.05) is 30.9 Å². The van der Waals surface area contributed by atoms with Crippen LogP contribution in [0.15, 0.2) is 66.7 Å². The molecule has 1 aliphatic heterocycles. The molecule has 160 valence electrons. The smallest absolute Gasteiger partial charge is 0.266 e. The number of carbonyl (C=O) groups excluding carboxylic acids is 4. The maximum Gasteiger partial charge on any atom is 0.266 e. The maximum atomic E-state index is 12.9. The highest BCUT2D eigenvalue weighted by molar-refractivity contribution is 6.40. The summed E-state index contributed by atoms with van der Waals surface area (Å²) >= 11 is 6.17. The summed E-state index contributed by atoms with van der Waals surface area (Å²) in [6, 6.07) is 17.4. The summed E-state index contributed by atoms with van der Waals surface area (Å²) in [7, 11) is 3.28. The summed E-state index contributed by atoms with van der Waals surface area (Å²) in [6.45, 7) is 0. The zero-order valence-electron chi connectivity index (χ0n) is 17.3. The molecule has 32 heavy (non-hydrogen) atoms. The monoisotopic (exact) mass is 447 g/mol. The van der Waals surface area contributed by atoms with Crippen molar-refractivity contribution in [3.63, 3.8) is 0 Å². The van der Waals surface area contributed by atoms with E-state index in [0.717, 1.165) is 4.90 Å². The molecule has 0 saturated carbocycles. The minimum absolute atomic E-state index is 0.124. The first kappa shape index (κ1) is 21.3. The fourth-order valence-corrected chi connectivity index (χ4v) is 3.65. The Balaban J connectivity index is 1.60. The molecule has 1 N–H and O–H groups in total. The van der Waals surface area contributed by atoms with Crippen molar-refractivity contribution in [2.24, 2.45) is 0 Å². The molecule has 8 heteroatoms. The number of rotatable bonds is 4. The van der Waals surface area contributed by atoms with Crippen LogP contribution >= 0.6 is 11.6 Å². The minimum atomic E-state index is -0.550. The van der Waals surface area contributed by atoms with Gasteiger partial charge in [0.1, 0.15) is 0 Å². The minimum Gasteiger partial charge on any atom is -0.345 e. The molecule has 0 radical (unpaired) electrons. The van der Waals surface area contributed by atoms with Gasteiger partial charge in [0.25, 0.3) is 23.6 Å². The summed E-state index contributed by atoms with van der Waals surface area (Å²) in [5.41, 5.74) is 1.68. The van der Waals surface area contributed by atoms with Crippen LogP contribution in [0.5, 0.6) is 0 Å². The number of halogens is 1. The number of para-hydroxylation sites is 1. The first-order chi connectivity index (χ1) is 15.3. The number of hydrogen-bond donors (Lipinski definition) is 1. The van der Waals surface area contributed by atoms with E-state index < -0.39 is 17.7 Å². The molecule has 4 rings (SSSR count). The lowest BCUT2D eigenvalue weighted by molar-refractivity contribution is 0.0826. The second-order valence-corrected chi connectivity index (χ2v) is 7.80. The Bertz CT molecular complexity index is 1290. The van der Waals surface area contributed by atoms with Crippen LogP contribution in [0.4, 0.5) is 11.4 Å². The summed E-state index contributed by atoms with van der Waals surface area (Å²) in [4.78, 5) is 53.1. The first-order valence-corrected chi connectivity index (χ1v) is 10.1. The van der Waals surface area contributed by atoms with Crippen LogP contribution in [0, 0.1) is 0 Å². The van der Waals surface area contributed by atoms with E-state index in [2.05, 4.69) is 5.32 Å². The van der Waals surface area contributed by atoms with Crippen LogP contribution in [0.2, 0.25) is 5.02 Å². The molecule has 0 aliphatic carbocycles. The Labute approximate surface area is 189 Å². The van der Waals surface area contributed by atoms with Crippen LogP contribution in [0.1, 0.15) is 41.4 Å². The molecule has 0 unspecified atom stereocenters. The van der Waals surface area contributed by atoms with Gasteiger partial charge in [-0.1, -0.05) is 29.8 Å². The number of carbonyl (C=O) groups is 4. The Morgan fingerprint density at radius 2 is 1.56 bits per heavy atom. The van der Waals surface area contributed by atoms with Crippen molar-refractivity contribution in [3.05, 3.63) is 94.0 Å². The van der Waals surface area contributed by atoms with Gasteiger partial charge in [-0.15, -0.1) is 0 Å². The van der Waals surface area contributed by atoms with Crippen molar-refractivity contribution >= 4 is 46.6 Å². The van der Waals surface area contributed by atoms with Gasteiger partial charge in [0.15, 0.2) is 0 Å². The SMILES string of the molecule is CN(C)C(=O)c1cccc(NC(=O)c2ccc3c(c2)C(=O)N(c2ccccc2Cl)C3=O)c1. The molecule has 0 saturated heterocycles. The van der Waals surface area contributed by atoms with Crippen molar-refractivity contribution in [2.45, 2.75) is 0 Å². The standard InChI is InChI=1S/C24H18ClN3O4/c1-27(2)22(30)15-6-5-7-16(12-15)26-21(29)14-10-11-17-18(13-14)24(32)28(23(17)31)20-9-4-3-8-19(20)25/h3-13H,1-2H3,(H,26,29). The lowest BCUT2D eigenvalue weighted by atomic mass is 10.1. The molecule has 1 aliphatic rings. The molecule has 4 amide bonds. The molecule has 7 nitrogen and oxygen atoms in total. The zero-order chi connectivity index (χ0) is 23.0. The van der Waals surface area contributed by atoms with Crippen LogP contribution < -0.4 is 10.2 Å². The fourth-order valence-electron chi connectivity index (χ4n) is 3.43. The van der Waals surface area contributed by atoms with Gasteiger partial charge in [-0.2, -0.15) is 0 Å². The van der Waals surface area contributed by atoms with Crippen LogP contribution in [0.3, 0.4) is 0 Å². The molecule has 0 spiro atoms. The van der Waals surface area contributed by atoms with E-state index in [1.165, 1.54) is 23.1 Å². The van der Waals surface area contributed by atoms with Crippen LogP contribution in [-0.4, -0.2) is 42.6 Å². The molecule has 0 fully saturated rings. The number of amides is 4. The molecular weight excluding hydrogens is 430 g/mol. The van der Waals surface area contributed by atoms with E-state index in [1.807, 2.05) is 0 Å². The molecule has 0 aromatic heterocycles. The normalized spacial score (nSPS) is 12.5. The summed E-state index contributed by atoms with van der Waals surface area (Å²) in [5.74, 6) is -1.72. The molecule has 3 aromatic carbocycles. The number of benzene rings is 3. The van der Waals surface area contributed by atoms with Gasteiger partial charge < -0.3 is 10.2 Å². The largest absolute Gasteiger partial charge is 0.345 e. The van der Waals surface area contributed by atoms with Gasteiger partial charge in [0.05, 0.1) is 21.8 Å². The molecule has 3 aromatic rings. The van der Waals surface area contributed by atoms with Gasteiger partial charge in [-0.05, 0) is 48.5 Å². The maximum absolute atomic E-state index is 12.9. The van der Waals surface area contributed by atoms with E-state index in [-0.39, 0.29) is 33.3 Å². The summed E-state index contributed by atoms with van der Waals surface area (Å²) in [5, 5.41) is 2.99. The third-order valence-corrected chi connectivity index (χ3v) is 5.34. The highest BCUT2D eigenvalue weighted by Gasteiger charge is 2.38. The number of anilines is 2. The van der Waals surface area contributed by atoms with E-state index in [4.69, 9.17) is 11.6 Å². The van der Waals surface area contributed by atoms with Crippen molar-refractivity contribution in [1.82, 2.24) is 4.90 Å². The van der Waals surface area contributed by atoms with Crippen molar-refractivity contribution in [1.29, 1.82) is 0 Å². The van der Waals surface area contributed by atoms with E-state index >= 15 is 0 Å². The number of hydrogen-bond acceptors (Lipinski definition) is 4. The average Bonchev–Trinajstić information content (AvgIpc) is 3.03. The Morgan fingerprint density at radius 3 is 2.28 bits per heavy atom. The number of imide groups is 1. The molecule has 1 heterocycles. The topological polar surface area (TPSA) is 86.8 Å². The Morgan fingerprint density at radius 1 is 0.844 bits per heavy atom. The second kappa shape index (κ2) is 8.28. The molecule has 0 bridgehead atoms. The van der Waals surface area contributed by atoms with E-state index in [1.54, 1.807) is 62.6 Å². The van der Waals surface area contributed by atoms with Crippen LogP contribution in [-0.2, 0) is 0 Å². The summed E-state index contributed by atoms with van der Waals surface area (Å²) in [6.07, 6.45) is 0. The third kappa shape index (κ3) is 3.74. The first-order valence-electron chi connectivity index (χ1n) is 9.68. The lowest BCUT2D eigenvalue weighted by Crippen LogP contribution is -2.29. The fraction of sp³-hybridized carbons (Fsp3) is 0.0833. The zero-order valence-corrected chi connectivity index (χ0v) is 18.0. The lowest BCUT2D eigenvalue weighted by Gasteiger charge is -2.15. The predicted octanol–water partition coefficient (Wildman–Crippen LogP) is 4.09. The predicted molar refractivity (Wildman–Crippen MR) is 121 cm³/mol. The van der Waals surface area contributed by atoms with Crippen molar-refractivity contribution < 1.29 is 19.2 Å². The van der Waals surface area contributed by atoms with Gasteiger partial charge in [0.2, 0.25) is 0 Å². The van der Waals surface area contributed by atoms with E-state index in [0.29, 0.717) is 11.3 Å². The highest BCUT2D eigenvalue weighted by atomic mass is 35.5. The molecule has 0 atom stereocenters. The van der Waals surface area contributed by atoms with Gasteiger partial charge in [-0.25, -0.2) is 4.90 Å². The second-order valence-electron chi connectivity index (χ2n) is 7.39. The average molecular weight is 448 g/mol. The Hall–Kier alpha value is -3.97. The number of nitrogens with zero attached hydrogens (tertiary/aromatic N) is 2. The number of nitrogens with one attached hydrogen (secondary N) is 1. The van der Waals surface area contributed by atoms with Crippen molar-refractivity contribution in [2.75, 3.05) is 24.3 Å². The van der Waals surface area contributed by atoms with Crippen LogP contribution in [0.25, 0.3) is 0 Å².